The fourth-order valence-electron chi connectivity index (χ4n) is 2.45. The Balaban J connectivity index is 1.49. The Bertz CT molecular complexity index is 1040. The van der Waals surface area contributed by atoms with Crippen molar-refractivity contribution in [2.24, 2.45) is 0 Å². The first-order chi connectivity index (χ1) is 13.1. The minimum atomic E-state index is -3.77. The molecule has 27 heavy (non-hydrogen) atoms. The van der Waals surface area contributed by atoms with Gasteiger partial charge in [0.2, 0.25) is 5.88 Å². The molecular weight excluding hydrogens is 370 g/mol. The van der Waals surface area contributed by atoms with Gasteiger partial charge in [-0.05, 0) is 36.4 Å². The molecule has 2 heterocycles. The SMILES string of the molecule is O=S(=O)(Nc1ccc(Oc2cnccn2)cc1)c1ccc2c(c1)OCCO2. The van der Waals surface area contributed by atoms with E-state index in [2.05, 4.69) is 14.7 Å². The second-order valence-corrected chi connectivity index (χ2v) is 7.26. The summed E-state index contributed by atoms with van der Waals surface area (Å²) in [6.45, 7) is 0.831. The molecule has 138 valence electrons. The molecule has 0 atom stereocenters. The Kier molecular flexibility index (Phi) is 4.51. The van der Waals surface area contributed by atoms with Crippen molar-refractivity contribution in [2.45, 2.75) is 4.90 Å². The Labute approximate surface area is 155 Å². The van der Waals surface area contributed by atoms with Crippen LogP contribution < -0.4 is 18.9 Å². The number of nitrogens with one attached hydrogen (secondary N) is 1. The van der Waals surface area contributed by atoms with Crippen LogP contribution in [0.2, 0.25) is 0 Å². The zero-order valence-corrected chi connectivity index (χ0v) is 14.8. The van der Waals surface area contributed by atoms with Crippen LogP contribution in [-0.2, 0) is 10.0 Å². The first-order valence-electron chi connectivity index (χ1n) is 8.07. The Hall–Kier alpha value is -3.33. The predicted octanol–water partition coefficient (Wildman–Crippen LogP) is 2.84. The fraction of sp³-hybridized carbons (Fsp3) is 0.111. The number of sulfonamides is 1. The van der Waals surface area contributed by atoms with Crippen LogP contribution in [0.3, 0.4) is 0 Å². The van der Waals surface area contributed by atoms with E-state index in [1.54, 1.807) is 36.5 Å². The number of hydrogen-bond acceptors (Lipinski definition) is 7. The Morgan fingerprint density at radius 1 is 0.963 bits per heavy atom. The summed E-state index contributed by atoms with van der Waals surface area (Å²) < 4.78 is 44.1. The average Bonchev–Trinajstić information content (AvgIpc) is 2.70. The number of anilines is 1. The molecule has 0 amide bonds. The van der Waals surface area contributed by atoms with Crippen molar-refractivity contribution in [2.75, 3.05) is 17.9 Å². The smallest absolute Gasteiger partial charge is 0.262 e. The van der Waals surface area contributed by atoms with E-state index in [4.69, 9.17) is 14.2 Å². The Morgan fingerprint density at radius 2 is 1.74 bits per heavy atom. The van der Waals surface area contributed by atoms with Gasteiger partial charge in [0.25, 0.3) is 10.0 Å². The standard InChI is InChI=1S/C18H15N3O5S/c22-27(23,15-5-6-16-17(11-15)25-10-9-24-16)21-13-1-3-14(4-2-13)26-18-12-19-7-8-20-18/h1-8,11-12,21H,9-10H2. The molecule has 0 aliphatic carbocycles. The van der Waals surface area contributed by atoms with Crippen LogP contribution in [-0.4, -0.2) is 31.6 Å². The largest absolute Gasteiger partial charge is 0.486 e. The molecule has 2 aromatic carbocycles. The molecule has 8 nitrogen and oxygen atoms in total. The van der Waals surface area contributed by atoms with Crippen LogP contribution in [0.5, 0.6) is 23.1 Å². The van der Waals surface area contributed by atoms with Gasteiger partial charge in [-0.1, -0.05) is 0 Å². The van der Waals surface area contributed by atoms with Gasteiger partial charge < -0.3 is 14.2 Å². The maximum atomic E-state index is 12.6. The minimum Gasteiger partial charge on any atom is -0.486 e. The number of ether oxygens (including phenoxy) is 3. The summed E-state index contributed by atoms with van der Waals surface area (Å²) in [5.74, 6) is 1.81. The normalized spacial score (nSPS) is 13.0. The van der Waals surface area contributed by atoms with E-state index in [0.29, 0.717) is 42.0 Å². The van der Waals surface area contributed by atoms with E-state index in [1.165, 1.54) is 24.5 Å². The molecule has 1 aliphatic heterocycles. The number of nitrogens with zero attached hydrogens (tertiary/aromatic N) is 2. The highest BCUT2D eigenvalue weighted by Crippen LogP contribution is 2.33. The van der Waals surface area contributed by atoms with Crippen molar-refractivity contribution in [3.05, 3.63) is 61.1 Å². The lowest BCUT2D eigenvalue weighted by Gasteiger charge is -2.19. The zero-order chi connectivity index (χ0) is 18.7. The van der Waals surface area contributed by atoms with E-state index >= 15 is 0 Å². The average molecular weight is 385 g/mol. The zero-order valence-electron chi connectivity index (χ0n) is 14.0. The quantitative estimate of drug-likeness (QED) is 0.721. The number of fused-ring (bicyclic) bond motifs is 1. The molecule has 3 aromatic rings. The first-order valence-corrected chi connectivity index (χ1v) is 9.55. The lowest BCUT2D eigenvalue weighted by Crippen LogP contribution is -2.17. The van der Waals surface area contributed by atoms with Crippen molar-refractivity contribution in [3.8, 4) is 23.1 Å². The molecule has 0 saturated carbocycles. The summed E-state index contributed by atoms with van der Waals surface area (Å²) in [6.07, 6.45) is 4.55. The lowest BCUT2D eigenvalue weighted by molar-refractivity contribution is 0.171. The molecule has 1 aromatic heterocycles. The predicted molar refractivity (Wildman–Crippen MR) is 96.8 cm³/mol. The van der Waals surface area contributed by atoms with Crippen molar-refractivity contribution >= 4 is 15.7 Å². The number of aromatic nitrogens is 2. The van der Waals surface area contributed by atoms with Crippen LogP contribution >= 0.6 is 0 Å². The van der Waals surface area contributed by atoms with Gasteiger partial charge in [0.05, 0.1) is 11.1 Å². The second-order valence-electron chi connectivity index (χ2n) is 5.58. The van der Waals surface area contributed by atoms with Gasteiger partial charge in [-0.15, -0.1) is 0 Å². The van der Waals surface area contributed by atoms with E-state index in [9.17, 15) is 8.42 Å². The summed E-state index contributed by atoms with van der Waals surface area (Å²) in [5, 5.41) is 0. The second kappa shape index (κ2) is 7.12. The van der Waals surface area contributed by atoms with Gasteiger partial charge in [-0.2, -0.15) is 0 Å². The highest BCUT2D eigenvalue weighted by molar-refractivity contribution is 7.92. The van der Waals surface area contributed by atoms with Crippen LogP contribution in [0.4, 0.5) is 5.69 Å². The van der Waals surface area contributed by atoms with Crippen LogP contribution in [0.15, 0.2) is 66.0 Å². The lowest BCUT2D eigenvalue weighted by atomic mass is 10.3. The summed E-state index contributed by atoms with van der Waals surface area (Å²) in [5.41, 5.74) is 0.399. The Morgan fingerprint density at radius 3 is 2.48 bits per heavy atom. The van der Waals surface area contributed by atoms with Crippen LogP contribution in [0.25, 0.3) is 0 Å². The number of hydrogen-bond donors (Lipinski definition) is 1. The van der Waals surface area contributed by atoms with Gasteiger partial charge in [0.1, 0.15) is 19.0 Å². The summed E-state index contributed by atoms with van der Waals surface area (Å²) in [6, 6.07) is 11.0. The molecule has 4 rings (SSSR count). The highest BCUT2D eigenvalue weighted by Gasteiger charge is 2.19. The monoisotopic (exact) mass is 385 g/mol. The van der Waals surface area contributed by atoms with E-state index < -0.39 is 10.0 Å². The summed E-state index contributed by atoms with van der Waals surface area (Å²) in [4.78, 5) is 8.01. The maximum absolute atomic E-state index is 12.6. The van der Waals surface area contributed by atoms with Crippen molar-refractivity contribution in [1.29, 1.82) is 0 Å². The maximum Gasteiger partial charge on any atom is 0.262 e. The third-order valence-corrected chi connectivity index (χ3v) is 5.07. The van der Waals surface area contributed by atoms with Gasteiger partial charge in [0.15, 0.2) is 11.5 Å². The number of rotatable bonds is 5. The van der Waals surface area contributed by atoms with E-state index in [-0.39, 0.29) is 4.90 Å². The third-order valence-electron chi connectivity index (χ3n) is 3.69. The molecule has 0 fully saturated rings. The molecule has 0 spiro atoms. The van der Waals surface area contributed by atoms with Gasteiger partial charge >= 0.3 is 0 Å². The topological polar surface area (TPSA) is 99.6 Å². The van der Waals surface area contributed by atoms with Crippen LogP contribution in [0, 0.1) is 0 Å². The van der Waals surface area contributed by atoms with Gasteiger partial charge in [-0.25, -0.2) is 13.4 Å². The van der Waals surface area contributed by atoms with Crippen molar-refractivity contribution < 1.29 is 22.6 Å². The van der Waals surface area contributed by atoms with E-state index in [1.807, 2.05) is 0 Å². The van der Waals surface area contributed by atoms with Crippen molar-refractivity contribution in [1.82, 2.24) is 9.97 Å². The van der Waals surface area contributed by atoms with Gasteiger partial charge in [-0.3, -0.25) is 9.71 Å². The fourth-order valence-corrected chi connectivity index (χ4v) is 3.53. The third kappa shape index (κ3) is 3.93. The minimum absolute atomic E-state index is 0.0895. The molecule has 0 radical (unpaired) electrons. The molecule has 1 aliphatic rings. The molecule has 0 saturated heterocycles. The molecule has 0 bridgehead atoms. The molecule has 0 unspecified atom stereocenters. The molecule has 1 N–H and O–H groups in total. The van der Waals surface area contributed by atoms with Gasteiger partial charge in [0, 0.05) is 24.1 Å². The molecule has 9 heteroatoms. The van der Waals surface area contributed by atoms with Crippen molar-refractivity contribution in [3.63, 3.8) is 0 Å². The van der Waals surface area contributed by atoms with E-state index in [0.717, 1.165) is 0 Å². The number of benzene rings is 2. The highest BCUT2D eigenvalue weighted by atomic mass is 32.2. The van der Waals surface area contributed by atoms with Crippen LogP contribution in [0.1, 0.15) is 0 Å². The summed E-state index contributed by atoms with van der Waals surface area (Å²) in [7, 11) is -3.77. The molecular formula is C18H15N3O5S. The first kappa shape index (κ1) is 17.1. The summed E-state index contributed by atoms with van der Waals surface area (Å²) >= 11 is 0.